The summed E-state index contributed by atoms with van der Waals surface area (Å²) in [4.78, 5) is 64.1. The summed E-state index contributed by atoms with van der Waals surface area (Å²) in [6.45, 7) is 4.40. The Hall–Kier alpha value is -3.10. The van der Waals surface area contributed by atoms with Gasteiger partial charge in [-0.15, -0.1) is 0 Å². The van der Waals surface area contributed by atoms with Gasteiger partial charge in [-0.1, -0.05) is 114 Å². The smallest absolute Gasteiger partial charge is 0.247 e. The van der Waals surface area contributed by atoms with Gasteiger partial charge in [-0.2, -0.15) is 0 Å². The molecule has 2 aromatic carbocycles. The van der Waals surface area contributed by atoms with Gasteiger partial charge >= 0.3 is 23.9 Å². The number of carbonyl (C=O) groups excluding carboxylic acids is 4. The number of unbranched alkanes of at least 4 members (excludes halogenated alkanes) is 12. The molecule has 0 aromatic heterocycles. The molecule has 0 amide bonds. The van der Waals surface area contributed by atoms with Crippen molar-refractivity contribution in [2.45, 2.75) is 117 Å². The van der Waals surface area contributed by atoms with Gasteiger partial charge in [-0.05, 0) is 61.4 Å². The topological polar surface area (TPSA) is 105 Å². The fraction of sp³-hybridized carbons (Fsp3) is 0.529. The molecular formula is C34H46Cl2O8. The Labute approximate surface area is 271 Å². The van der Waals surface area contributed by atoms with Crippen LogP contribution in [0.3, 0.4) is 0 Å². The number of carbonyl (C=O) groups is 4. The number of hydrogen-bond donors (Lipinski definition) is 0. The fourth-order valence-electron chi connectivity index (χ4n) is 3.97. The molecular weight excluding hydrogens is 607 g/mol. The van der Waals surface area contributed by atoms with Crippen LogP contribution in [0.15, 0.2) is 48.5 Å². The quantitative estimate of drug-likeness (QED) is 0.0889. The second-order valence-electron chi connectivity index (χ2n) is 10.4. The van der Waals surface area contributed by atoms with E-state index in [0.29, 0.717) is 22.9 Å². The Kier molecular flexibility index (Phi) is 22.3. The number of halogens is 2. The zero-order valence-corrected chi connectivity index (χ0v) is 27.5. The van der Waals surface area contributed by atoms with Gasteiger partial charge in [0.2, 0.25) is 0 Å². The molecule has 244 valence electrons. The normalized spacial score (nSPS) is 10.3. The van der Waals surface area contributed by atoms with E-state index in [1.807, 2.05) is 0 Å². The van der Waals surface area contributed by atoms with Gasteiger partial charge in [0, 0.05) is 10.0 Å². The van der Waals surface area contributed by atoms with Crippen LogP contribution in [-0.2, 0) is 29.1 Å². The van der Waals surface area contributed by atoms with Crippen molar-refractivity contribution in [1.82, 2.24) is 0 Å². The van der Waals surface area contributed by atoms with E-state index in [1.54, 1.807) is 0 Å². The lowest BCUT2D eigenvalue weighted by Gasteiger charge is -2.04. The maximum Gasteiger partial charge on any atom is 0.386 e. The van der Waals surface area contributed by atoms with Gasteiger partial charge in [0.05, 0.1) is 24.0 Å². The second-order valence-corrected chi connectivity index (χ2v) is 11.3. The van der Waals surface area contributed by atoms with Gasteiger partial charge in [0.25, 0.3) is 0 Å². The lowest BCUT2D eigenvalue weighted by Crippen LogP contribution is -2.11. The van der Waals surface area contributed by atoms with Crippen molar-refractivity contribution in [3.05, 3.63) is 69.7 Å². The Bertz CT molecular complexity index is 1000. The van der Waals surface area contributed by atoms with Gasteiger partial charge in [-0.25, -0.2) is 38.7 Å². The number of benzene rings is 2. The van der Waals surface area contributed by atoms with Gasteiger partial charge in [-0.3, -0.25) is 0 Å². The highest BCUT2D eigenvalue weighted by Crippen LogP contribution is 2.14. The molecule has 0 spiro atoms. The molecule has 0 unspecified atom stereocenters. The SMILES string of the molecule is CCCCCCCCCC(=O)OOC(=O)CCCCCCCCC.O=C(OOC(=O)c1ccc(Cl)cc1)c1ccc(Cl)cc1. The molecule has 0 aliphatic rings. The number of hydrogen-bond acceptors (Lipinski definition) is 8. The van der Waals surface area contributed by atoms with Crippen molar-refractivity contribution in [2.75, 3.05) is 0 Å². The summed E-state index contributed by atoms with van der Waals surface area (Å²) in [5.74, 6) is -2.44. The standard InChI is InChI=1S/C20H38O4.C14H8Cl2O4/c1-3-5-7-9-11-13-15-17-19(21)23-24-20(22)18-16-14-12-10-8-6-4-2;15-11-5-1-9(2-6-11)13(17)19-20-14(18)10-3-7-12(16)8-4-10/h3-18H2,1-2H3;1-8H. The molecule has 0 bridgehead atoms. The summed E-state index contributed by atoms with van der Waals surface area (Å²) in [6, 6.07) is 11.9. The van der Waals surface area contributed by atoms with Crippen LogP contribution in [0.4, 0.5) is 0 Å². The average Bonchev–Trinajstić information content (AvgIpc) is 3.02. The Morgan fingerprint density at radius 1 is 0.455 bits per heavy atom. The third kappa shape index (κ3) is 20.0. The van der Waals surface area contributed by atoms with Crippen molar-refractivity contribution in [1.29, 1.82) is 0 Å². The fourth-order valence-corrected chi connectivity index (χ4v) is 4.22. The van der Waals surface area contributed by atoms with Gasteiger partial charge < -0.3 is 0 Å². The van der Waals surface area contributed by atoms with Crippen LogP contribution < -0.4 is 0 Å². The average molecular weight is 654 g/mol. The number of rotatable bonds is 18. The van der Waals surface area contributed by atoms with Crippen LogP contribution in [0.5, 0.6) is 0 Å². The minimum absolute atomic E-state index is 0.221. The monoisotopic (exact) mass is 652 g/mol. The third-order valence-corrected chi connectivity index (χ3v) is 7.05. The van der Waals surface area contributed by atoms with E-state index in [1.165, 1.54) is 99.9 Å². The Morgan fingerprint density at radius 2 is 0.750 bits per heavy atom. The zero-order chi connectivity index (χ0) is 32.4. The van der Waals surface area contributed by atoms with E-state index in [-0.39, 0.29) is 11.1 Å². The zero-order valence-electron chi connectivity index (χ0n) is 26.0. The van der Waals surface area contributed by atoms with Crippen molar-refractivity contribution in [3.8, 4) is 0 Å². The van der Waals surface area contributed by atoms with E-state index in [0.717, 1.165) is 38.5 Å². The van der Waals surface area contributed by atoms with Gasteiger partial charge in [0.15, 0.2) is 0 Å². The molecule has 0 fully saturated rings. The summed E-state index contributed by atoms with van der Waals surface area (Å²) >= 11 is 11.4. The maximum absolute atomic E-state index is 11.6. The molecule has 44 heavy (non-hydrogen) atoms. The van der Waals surface area contributed by atoms with Gasteiger partial charge in [0.1, 0.15) is 0 Å². The minimum atomic E-state index is -0.788. The van der Waals surface area contributed by atoms with Crippen LogP contribution in [0.1, 0.15) is 137 Å². The highest BCUT2D eigenvalue weighted by molar-refractivity contribution is 6.31. The molecule has 10 heteroatoms. The first-order valence-corrected chi connectivity index (χ1v) is 16.4. The van der Waals surface area contributed by atoms with Crippen LogP contribution in [0.25, 0.3) is 0 Å². The molecule has 8 nitrogen and oxygen atoms in total. The molecule has 0 radical (unpaired) electrons. The molecule has 0 saturated carbocycles. The molecule has 2 aromatic rings. The second kappa shape index (κ2) is 25.2. The predicted octanol–water partition coefficient (Wildman–Crippen LogP) is 10.2. The Morgan fingerprint density at radius 3 is 1.07 bits per heavy atom. The van der Waals surface area contributed by atoms with Crippen LogP contribution >= 0.6 is 23.2 Å². The molecule has 0 atom stereocenters. The van der Waals surface area contributed by atoms with Crippen molar-refractivity contribution in [3.63, 3.8) is 0 Å². The molecule has 0 heterocycles. The molecule has 0 aliphatic heterocycles. The van der Waals surface area contributed by atoms with Crippen molar-refractivity contribution < 1.29 is 38.7 Å². The first kappa shape index (κ1) is 38.9. The first-order valence-electron chi connectivity index (χ1n) is 15.6. The van der Waals surface area contributed by atoms with Crippen LogP contribution in [-0.4, -0.2) is 23.9 Å². The van der Waals surface area contributed by atoms with Crippen LogP contribution in [0.2, 0.25) is 10.0 Å². The van der Waals surface area contributed by atoms with Crippen molar-refractivity contribution in [2.24, 2.45) is 0 Å². The Balaban J connectivity index is 0.000000445. The summed E-state index contributed by atoms with van der Waals surface area (Å²) in [5, 5.41) is 0.972. The highest BCUT2D eigenvalue weighted by atomic mass is 35.5. The summed E-state index contributed by atoms with van der Waals surface area (Å²) in [7, 11) is 0. The van der Waals surface area contributed by atoms with E-state index in [9.17, 15) is 19.2 Å². The predicted molar refractivity (Wildman–Crippen MR) is 171 cm³/mol. The van der Waals surface area contributed by atoms with E-state index < -0.39 is 23.9 Å². The molecule has 0 aliphatic carbocycles. The summed E-state index contributed by atoms with van der Waals surface area (Å²) in [5.41, 5.74) is 0.441. The summed E-state index contributed by atoms with van der Waals surface area (Å²) < 4.78 is 0. The van der Waals surface area contributed by atoms with E-state index in [2.05, 4.69) is 33.4 Å². The van der Waals surface area contributed by atoms with Crippen molar-refractivity contribution >= 4 is 47.1 Å². The largest absolute Gasteiger partial charge is 0.386 e. The molecule has 0 N–H and O–H groups in total. The third-order valence-electron chi connectivity index (χ3n) is 6.55. The summed E-state index contributed by atoms with van der Waals surface area (Å²) in [6.07, 6.45) is 16.7. The lowest BCUT2D eigenvalue weighted by atomic mass is 10.1. The molecule has 0 saturated heterocycles. The maximum atomic E-state index is 11.6. The first-order chi connectivity index (χ1) is 21.3. The highest BCUT2D eigenvalue weighted by Gasteiger charge is 2.14. The lowest BCUT2D eigenvalue weighted by molar-refractivity contribution is -0.259. The van der Waals surface area contributed by atoms with E-state index in [4.69, 9.17) is 23.2 Å². The van der Waals surface area contributed by atoms with E-state index >= 15 is 0 Å². The van der Waals surface area contributed by atoms with Crippen LogP contribution in [0, 0.1) is 0 Å². The minimum Gasteiger partial charge on any atom is -0.247 e. The molecule has 2 rings (SSSR count).